The zero-order chi connectivity index (χ0) is 12.2. The second-order valence-corrected chi connectivity index (χ2v) is 4.51. The number of aromatic nitrogens is 2. The summed E-state index contributed by atoms with van der Waals surface area (Å²) in [6, 6.07) is 0. The van der Waals surface area contributed by atoms with Crippen LogP contribution in [-0.4, -0.2) is 21.3 Å². The van der Waals surface area contributed by atoms with Gasteiger partial charge in [0.05, 0.1) is 0 Å². The molecule has 0 aliphatic rings. The average molecular weight is 274 g/mol. The lowest BCUT2D eigenvalue weighted by Gasteiger charge is -2.05. The number of rotatable bonds is 5. The Morgan fingerprint density at radius 1 is 1.50 bits per heavy atom. The number of anilines is 1. The summed E-state index contributed by atoms with van der Waals surface area (Å²) in [4.78, 5) is 3.33. The topological polar surface area (TPSA) is 37.8 Å². The van der Waals surface area contributed by atoms with E-state index < -0.39 is 12.0 Å². The van der Waals surface area contributed by atoms with Crippen molar-refractivity contribution in [2.24, 2.45) is 0 Å². The zero-order valence-corrected chi connectivity index (χ0v) is 10.1. The average Bonchev–Trinajstić information content (AvgIpc) is 2.65. The molecule has 1 atom stereocenters. The van der Waals surface area contributed by atoms with Gasteiger partial charge in [-0.15, -0.1) is 11.6 Å². The second-order valence-electron chi connectivity index (χ2n) is 3.14. The Morgan fingerprint density at radius 3 is 2.69 bits per heavy atom. The Labute approximate surface area is 100 Å². The molecule has 0 amide bonds. The van der Waals surface area contributed by atoms with Crippen molar-refractivity contribution >= 4 is 28.3 Å². The first-order chi connectivity index (χ1) is 7.43. The number of hydrogen-bond acceptors (Lipinski definition) is 4. The molecule has 1 unspecified atom stereocenters. The molecule has 0 saturated heterocycles. The normalized spacial score (nSPS) is 13.8. The van der Waals surface area contributed by atoms with E-state index in [1.165, 1.54) is 0 Å². The van der Waals surface area contributed by atoms with Crippen molar-refractivity contribution in [1.29, 1.82) is 0 Å². The SMILES string of the molecule is CCC(Cl)CCNc1nc(C(F)(F)F)ns1. The molecule has 8 heteroatoms. The van der Waals surface area contributed by atoms with Gasteiger partial charge in [-0.3, -0.25) is 0 Å². The Bertz CT molecular complexity index is 329. The monoisotopic (exact) mass is 273 g/mol. The lowest BCUT2D eigenvalue weighted by Crippen LogP contribution is -2.09. The van der Waals surface area contributed by atoms with Gasteiger partial charge < -0.3 is 5.32 Å². The van der Waals surface area contributed by atoms with Gasteiger partial charge in [0.25, 0.3) is 0 Å². The molecule has 1 aromatic rings. The van der Waals surface area contributed by atoms with Crippen LogP contribution in [0.5, 0.6) is 0 Å². The Kier molecular flexibility index (Phi) is 4.79. The first-order valence-corrected chi connectivity index (χ1v) is 5.93. The third-order valence-corrected chi connectivity index (χ3v) is 3.06. The van der Waals surface area contributed by atoms with Gasteiger partial charge in [0.2, 0.25) is 11.0 Å². The molecule has 3 nitrogen and oxygen atoms in total. The van der Waals surface area contributed by atoms with Crippen LogP contribution in [0.15, 0.2) is 0 Å². The first kappa shape index (κ1) is 13.5. The molecule has 0 spiro atoms. The van der Waals surface area contributed by atoms with Gasteiger partial charge in [-0.05, 0) is 12.8 Å². The van der Waals surface area contributed by atoms with Crippen molar-refractivity contribution < 1.29 is 13.2 Å². The Balaban J connectivity index is 2.41. The third kappa shape index (κ3) is 4.13. The summed E-state index contributed by atoms with van der Waals surface area (Å²) in [5, 5.41) is 2.97. The number of nitrogens with zero attached hydrogens (tertiary/aromatic N) is 2. The maximum Gasteiger partial charge on any atom is 0.452 e. The van der Waals surface area contributed by atoms with Crippen molar-refractivity contribution in [2.75, 3.05) is 11.9 Å². The van der Waals surface area contributed by atoms with E-state index in [4.69, 9.17) is 11.6 Å². The number of alkyl halides is 4. The molecule has 16 heavy (non-hydrogen) atoms. The first-order valence-electron chi connectivity index (χ1n) is 4.72. The van der Waals surface area contributed by atoms with Crippen LogP contribution in [0.2, 0.25) is 0 Å². The largest absolute Gasteiger partial charge is 0.452 e. The predicted octanol–water partition coefficient (Wildman–Crippen LogP) is 3.38. The van der Waals surface area contributed by atoms with Gasteiger partial charge in [0.1, 0.15) is 0 Å². The molecule has 1 heterocycles. The minimum Gasteiger partial charge on any atom is -0.360 e. The molecule has 0 fully saturated rings. The molecule has 0 aromatic carbocycles. The number of hydrogen-bond donors (Lipinski definition) is 1. The zero-order valence-electron chi connectivity index (χ0n) is 8.51. The summed E-state index contributed by atoms with van der Waals surface area (Å²) < 4.78 is 39.6. The fourth-order valence-electron chi connectivity index (χ4n) is 0.950. The van der Waals surface area contributed by atoms with Crippen LogP contribution in [0, 0.1) is 0 Å². The van der Waals surface area contributed by atoms with E-state index in [1.807, 2.05) is 6.92 Å². The maximum absolute atomic E-state index is 12.1. The van der Waals surface area contributed by atoms with Gasteiger partial charge >= 0.3 is 6.18 Å². The fraction of sp³-hybridized carbons (Fsp3) is 0.750. The van der Waals surface area contributed by atoms with Crippen LogP contribution in [-0.2, 0) is 6.18 Å². The van der Waals surface area contributed by atoms with Gasteiger partial charge in [-0.25, -0.2) is 0 Å². The number of nitrogens with one attached hydrogen (secondary N) is 1. The summed E-state index contributed by atoms with van der Waals surface area (Å²) in [7, 11) is 0. The smallest absolute Gasteiger partial charge is 0.360 e. The highest BCUT2D eigenvalue weighted by atomic mass is 35.5. The van der Waals surface area contributed by atoms with Crippen molar-refractivity contribution in [1.82, 2.24) is 9.36 Å². The lowest BCUT2D eigenvalue weighted by atomic mass is 10.2. The quantitative estimate of drug-likeness (QED) is 0.836. The molecule has 0 aliphatic carbocycles. The van der Waals surface area contributed by atoms with Crippen LogP contribution < -0.4 is 5.32 Å². The molecular formula is C8H11ClF3N3S. The fourth-order valence-corrected chi connectivity index (χ4v) is 1.67. The summed E-state index contributed by atoms with van der Waals surface area (Å²) in [6.45, 7) is 2.44. The third-order valence-electron chi connectivity index (χ3n) is 1.86. The molecular weight excluding hydrogens is 263 g/mol. The second kappa shape index (κ2) is 5.67. The Hall–Kier alpha value is -0.560. The molecule has 1 N–H and O–H groups in total. The van der Waals surface area contributed by atoms with Crippen molar-refractivity contribution in [2.45, 2.75) is 31.3 Å². The molecule has 0 radical (unpaired) electrons. The molecule has 92 valence electrons. The molecule has 0 bridgehead atoms. The van der Waals surface area contributed by atoms with Crippen LogP contribution >= 0.6 is 23.1 Å². The van der Waals surface area contributed by atoms with Gasteiger partial charge in [0.15, 0.2) is 0 Å². The molecule has 0 aliphatic heterocycles. The highest BCUT2D eigenvalue weighted by Crippen LogP contribution is 2.28. The van der Waals surface area contributed by atoms with E-state index in [-0.39, 0.29) is 10.5 Å². The van der Waals surface area contributed by atoms with E-state index in [0.717, 1.165) is 6.42 Å². The maximum atomic E-state index is 12.1. The standard InChI is InChI=1S/C8H11ClF3N3S/c1-2-5(9)3-4-13-7-14-6(15-16-7)8(10,11)12/h5H,2-4H2,1H3,(H,13,14,15). The van der Waals surface area contributed by atoms with E-state index in [1.54, 1.807) is 0 Å². The van der Waals surface area contributed by atoms with Gasteiger partial charge in [-0.2, -0.15) is 22.5 Å². The molecule has 0 saturated carbocycles. The van der Waals surface area contributed by atoms with Crippen LogP contribution in [0.4, 0.5) is 18.3 Å². The molecule has 1 rings (SSSR count). The van der Waals surface area contributed by atoms with Crippen molar-refractivity contribution in [3.63, 3.8) is 0 Å². The van der Waals surface area contributed by atoms with Crippen LogP contribution in [0.25, 0.3) is 0 Å². The summed E-state index contributed by atoms with van der Waals surface area (Å²) in [5.41, 5.74) is 0. The highest BCUT2D eigenvalue weighted by molar-refractivity contribution is 7.09. The van der Waals surface area contributed by atoms with Crippen LogP contribution in [0.3, 0.4) is 0 Å². The van der Waals surface area contributed by atoms with Crippen molar-refractivity contribution in [3.05, 3.63) is 5.82 Å². The summed E-state index contributed by atoms with van der Waals surface area (Å²) in [6.07, 6.45) is -2.97. The summed E-state index contributed by atoms with van der Waals surface area (Å²) in [5.74, 6) is -1.10. The van der Waals surface area contributed by atoms with Gasteiger partial charge in [-0.1, -0.05) is 6.92 Å². The van der Waals surface area contributed by atoms with E-state index in [2.05, 4.69) is 14.7 Å². The minimum absolute atomic E-state index is 0.0301. The minimum atomic E-state index is -4.48. The van der Waals surface area contributed by atoms with E-state index in [0.29, 0.717) is 24.5 Å². The van der Waals surface area contributed by atoms with Crippen molar-refractivity contribution in [3.8, 4) is 0 Å². The van der Waals surface area contributed by atoms with Gasteiger partial charge in [0, 0.05) is 23.5 Å². The predicted molar refractivity (Wildman–Crippen MR) is 57.9 cm³/mol. The lowest BCUT2D eigenvalue weighted by molar-refractivity contribution is -0.144. The Morgan fingerprint density at radius 2 is 2.19 bits per heavy atom. The molecule has 1 aromatic heterocycles. The van der Waals surface area contributed by atoms with E-state index in [9.17, 15) is 13.2 Å². The number of halogens is 4. The summed E-state index contributed by atoms with van der Waals surface area (Å²) >= 11 is 6.56. The van der Waals surface area contributed by atoms with E-state index >= 15 is 0 Å². The highest BCUT2D eigenvalue weighted by Gasteiger charge is 2.36. The van der Waals surface area contributed by atoms with Crippen LogP contribution in [0.1, 0.15) is 25.6 Å².